The Labute approximate surface area is 124 Å². The van der Waals surface area contributed by atoms with Crippen molar-refractivity contribution in [3.63, 3.8) is 0 Å². The summed E-state index contributed by atoms with van der Waals surface area (Å²) in [6, 6.07) is 0. The van der Waals surface area contributed by atoms with E-state index in [-0.39, 0.29) is 11.9 Å². The van der Waals surface area contributed by atoms with Crippen molar-refractivity contribution in [1.29, 1.82) is 0 Å². The van der Waals surface area contributed by atoms with Gasteiger partial charge in [-0.25, -0.2) is 0 Å². The maximum atomic E-state index is 11.7. The molecule has 1 aliphatic heterocycles. The van der Waals surface area contributed by atoms with Crippen LogP contribution in [0.5, 0.6) is 5.75 Å². The maximum absolute atomic E-state index is 11.7. The highest BCUT2D eigenvalue weighted by molar-refractivity contribution is 7.19. The summed E-state index contributed by atoms with van der Waals surface area (Å²) in [6.07, 6.45) is 4.98. The Morgan fingerprint density at radius 3 is 2.35 bits per heavy atom. The summed E-state index contributed by atoms with van der Waals surface area (Å²) < 4.78 is 5.89. The molecule has 0 radical (unpaired) electrons. The van der Waals surface area contributed by atoms with Gasteiger partial charge in [0.2, 0.25) is 0 Å². The number of nitrogens with zero attached hydrogens (tertiary/aromatic N) is 1. The summed E-state index contributed by atoms with van der Waals surface area (Å²) in [7, 11) is 0. The van der Waals surface area contributed by atoms with E-state index in [1.165, 1.54) is 37.0 Å². The zero-order chi connectivity index (χ0) is 14.7. The third kappa shape index (κ3) is 3.26. The summed E-state index contributed by atoms with van der Waals surface area (Å²) in [4.78, 5) is 14.7. The van der Waals surface area contributed by atoms with Crippen molar-refractivity contribution >= 4 is 27.8 Å². The normalized spacial score (nSPS) is 16.3. The van der Waals surface area contributed by atoms with E-state index in [2.05, 4.69) is 4.90 Å². The number of ether oxygens (including phenoxy) is 1. The van der Waals surface area contributed by atoms with Gasteiger partial charge in [-0.3, -0.25) is 4.79 Å². The van der Waals surface area contributed by atoms with Gasteiger partial charge in [0.25, 0.3) is 0 Å². The Bertz CT molecular complexity index is 474. The third-order valence-corrected chi connectivity index (χ3v) is 4.80. The van der Waals surface area contributed by atoms with Crippen LogP contribution in [0.15, 0.2) is 0 Å². The fraction of sp³-hybridized carbons (Fsp3) is 0.667. The van der Waals surface area contributed by atoms with E-state index in [0.717, 1.165) is 18.1 Å². The number of thiophene rings is 1. The number of Topliss-reactive ketones (excluding diaryl/α,β-unsaturated/α-hetero) is 1. The lowest BCUT2D eigenvalue weighted by Gasteiger charge is -2.23. The lowest BCUT2D eigenvalue weighted by atomic mass is 10.2. The van der Waals surface area contributed by atoms with Crippen LogP contribution in [0.3, 0.4) is 0 Å². The molecule has 0 aliphatic carbocycles. The highest BCUT2D eigenvalue weighted by atomic mass is 32.1. The number of nitrogen functional groups attached to an aromatic ring is 1. The minimum atomic E-state index is 0.0159. The van der Waals surface area contributed by atoms with Gasteiger partial charge in [-0.05, 0) is 26.7 Å². The number of carbonyl (C=O) groups excluding carboxylic acids is 1. The molecule has 0 unspecified atom stereocenters. The van der Waals surface area contributed by atoms with Gasteiger partial charge < -0.3 is 15.4 Å². The van der Waals surface area contributed by atoms with Crippen molar-refractivity contribution in [3.05, 3.63) is 4.88 Å². The minimum absolute atomic E-state index is 0.0159. The number of anilines is 2. The Morgan fingerprint density at radius 1 is 1.25 bits per heavy atom. The Kier molecular flexibility index (Phi) is 4.91. The molecule has 1 aliphatic rings. The summed E-state index contributed by atoms with van der Waals surface area (Å²) in [6.45, 7) is 7.57. The number of hydrogen-bond acceptors (Lipinski definition) is 5. The largest absolute Gasteiger partial charge is 0.486 e. The molecule has 0 saturated carbocycles. The second kappa shape index (κ2) is 6.48. The van der Waals surface area contributed by atoms with Crippen LogP contribution in [0.4, 0.5) is 10.7 Å². The van der Waals surface area contributed by atoms with Gasteiger partial charge >= 0.3 is 0 Å². The zero-order valence-corrected chi connectivity index (χ0v) is 13.4. The summed E-state index contributed by atoms with van der Waals surface area (Å²) in [5.74, 6) is 0.722. The number of hydrogen-bond donors (Lipinski definition) is 1. The quantitative estimate of drug-likeness (QED) is 0.861. The molecule has 0 bridgehead atoms. The molecule has 112 valence electrons. The van der Waals surface area contributed by atoms with Crippen molar-refractivity contribution in [2.24, 2.45) is 0 Å². The van der Waals surface area contributed by atoms with E-state index in [1.54, 1.807) is 6.92 Å². The molecule has 4 nitrogen and oxygen atoms in total. The van der Waals surface area contributed by atoms with E-state index in [1.807, 2.05) is 13.8 Å². The van der Waals surface area contributed by atoms with E-state index in [0.29, 0.717) is 16.3 Å². The van der Waals surface area contributed by atoms with Gasteiger partial charge in [0.15, 0.2) is 11.5 Å². The lowest BCUT2D eigenvalue weighted by molar-refractivity contribution is 0.102. The fourth-order valence-electron chi connectivity index (χ4n) is 2.51. The monoisotopic (exact) mass is 296 g/mol. The molecule has 5 heteroatoms. The molecule has 0 spiro atoms. The lowest BCUT2D eigenvalue weighted by Crippen LogP contribution is -2.24. The molecule has 2 N–H and O–H groups in total. The number of nitrogens with two attached hydrogens (primary N) is 1. The van der Waals surface area contributed by atoms with Crippen molar-refractivity contribution in [3.8, 4) is 5.75 Å². The van der Waals surface area contributed by atoms with Crippen molar-refractivity contribution in [2.75, 3.05) is 23.7 Å². The van der Waals surface area contributed by atoms with E-state index in [9.17, 15) is 4.79 Å². The maximum Gasteiger partial charge on any atom is 0.177 e. The molecular formula is C15H24N2O2S. The number of ketones is 1. The first-order valence-electron chi connectivity index (χ1n) is 7.35. The third-order valence-electron chi connectivity index (χ3n) is 3.45. The number of carbonyl (C=O) groups is 1. The van der Waals surface area contributed by atoms with Crippen molar-refractivity contribution in [2.45, 2.75) is 52.6 Å². The molecule has 1 saturated heterocycles. The van der Waals surface area contributed by atoms with Crippen LogP contribution < -0.4 is 15.4 Å². The molecule has 1 fully saturated rings. The first-order valence-corrected chi connectivity index (χ1v) is 8.17. The minimum Gasteiger partial charge on any atom is -0.486 e. The van der Waals surface area contributed by atoms with E-state index >= 15 is 0 Å². The van der Waals surface area contributed by atoms with Gasteiger partial charge in [0, 0.05) is 20.0 Å². The first kappa shape index (κ1) is 15.2. The van der Waals surface area contributed by atoms with Crippen LogP contribution in [-0.4, -0.2) is 25.0 Å². The average Bonchev–Trinajstić information content (AvgIpc) is 2.57. The molecule has 2 heterocycles. The highest BCUT2D eigenvalue weighted by Gasteiger charge is 2.25. The average molecular weight is 296 g/mol. The van der Waals surface area contributed by atoms with Crippen LogP contribution in [0.1, 0.15) is 56.1 Å². The topological polar surface area (TPSA) is 55.6 Å². The van der Waals surface area contributed by atoms with E-state index < -0.39 is 0 Å². The van der Waals surface area contributed by atoms with Crippen LogP contribution >= 0.6 is 11.3 Å². The van der Waals surface area contributed by atoms with Crippen LogP contribution in [-0.2, 0) is 0 Å². The van der Waals surface area contributed by atoms with Gasteiger partial charge in [-0.2, -0.15) is 0 Å². The number of rotatable bonds is 4. The van der Waals surface area contributed by atoms with E-state index in [4.69, 9.17) is 10.5 Å². The molecule has 1 aromatic rings. The summed E-state index contributed by atoms with van der Waals surface area (Å²) in [5, 5.41) is 1.03. The fourth-order valence-corrected chi connectivity index (χ4v) is 3.61. The van der Waals surface area contributed by atoms with Gasteiger partial charge in [0.05, 0.1) is 16.7 Å². The van der Waals surface area contributed by atoms with Gasteiger partial charge in [0.1, 0.15) is 5.00 Å². The second-order valence-corrected chi connectivity index (χ2v) is 6.60. The zero-order valence-electron chi connectivity index (χ0n) is 12.6. The molecule has 0 amide bonds. The molecule has 1 aromatic heterocycles. The van der Waals surface area contributed by atoms with Gasteiger partial charge in [-0.1, -0.05) is 12.8 Å². The van der Waals surface area contributed by atoms with Crippen LogP contribution in [0, 0.1) is 0 Å². The predicted octanol–water partition coefficient (Wildman–Crippen LogP) is 3.70. The smallest absolute Gasteiger partial charge is 0.177 e. The molecule has 2 rings (SSSR count). The molecule has 20 heavy (non-hydrogen) atoms. The summed E-state index contributed by atoms with van der Waals surface area (Å²) in [5.41, 5.74) is 6.65. The molecule has 0 atom stereocenters. The summed E-state index contributed by atoms with van der Waals surface area (Å²) >= 11 is 1.48. The molecule has 0 aromatic carbocycles. The van der Waals surface area contributed by atoms with Crippen LogP contribution in [0.2, 0.25) is 0 Å². The Balaban J connectivity index is 2.38. The predicted molar refractivity (Wildman–Crippen MR) is 85.2 cm³/mol. The standard InChI is InChI=1S/C15H24N2O2S/c1-10(2)19-13-12(16)14(11(3)18)20-15(13)17-8-6-4-5-7-9-17/h10H,4-9,16H2,1-3H3. The Morgan fingerprint density at radius 2 is 1.85 bits per heavy atom. The van der Waals surface area contributed by atoms with Gasteiger partial charge in [-0.15, -0.1) is 11.3 Å². The SMILES string of the molecule is CC(=O)c1sc(N2CCCCCC2)c(OC(C)C)c1N. The molecular weight excluding hydrogens is 272 g/mol. The van der Waals surface area contributed by atoms with Crippen LogP contribution in [0.25, 0.3) is 0 Å². The van der Waals surface area contributed by atoms with Crippen molar-refractivity contribution < 1.29 is 9.53 Å². The Hall–Kier alpha value is -1.23. The first-order chi connectivity index (χ1) is 9.50. The highest BCUT2D eigenvalue weighted by Crippen LogP contribution is 2.46. The second-order valence-electron chi connectivity index (χ2n) is 5.60. The van der Waals surface area contributed by atoms with Crippen molar-refractivity contribution in [1.82, 2.24) is 0 Å².